The van der Waals surface area contributed by atoms with Crippen LogP contribution in [0.25, 0.3) is 0 Å². The Bertz CT molecular complexity index is 1060. The van der Waals surface area contributed by atoms with E-state index in [9.17, 15) is 9.18 Å². The summed E-state index contributed by atoms with van der Waals surface area (Å²) in [5, 5.41) is 2.80. The van der Waals surface area contributed by atoms with Gasteiger partial charge < -0.3 is 15.0 Å². The first-order chi connectivity index (χ1) is 14.0. The van der Waals surface area contributed by atoms with Crippen LogP contribution in [0, 0.1) is 12.7 Å². The standard InChI is InChI=1S/C20H17ClFN5O2/c1-12-6-13(9-23-8-12)26-20(28)18-19(25-5-4-24-18)27-10-15(11-27)29-14-2-3-17(22)16(21)7-14/h2-9,15H,10-11H2,1H3,(H,26,28). The van der Waals surface area contributed by atoms with Gasteiger partial charge >= 0.3 is 0 Å². The molecule has 0 radical (unpaired) electrons. The molecule has 29 heavy (non-hydrogen) atoms. The number of aromatic nitrogens is 3. The number of pyridine rings is 1. The molecule has 1 amide bonds. The Morgan fingerprint density at radius 2 is 2.03 bits per heavy atom. The highest BCUT2D eigenvalue weighted by molar-refractivity contribution is 6.30. The Kier molecular flexibility index (Phi) is 5.26. The minimum atomic E-state index is -0.492. The van der Waals surface area contributed by atoms with Crippen molar-refractivity contribution >= 4 is 29.0 Å². The van der Waals surface area contributed by atoms with Gasteiger partial charge in [-0.05, 0) is 30.7 Å². The van der Waals surface area contributed by atoms with Crippen LogP contribution in [0.5, 0.6) is 5.75 Å². The fraction of sp³-hybridized carbons (Fsp3) is 0.200. The van der Waals surface area contributed by atoms with Gasteiger partial charge in [0.1, 0.15) is 17.7 Å². The number of amides is 1. The Labute approximate surface area is 171 Å². The number of nitrogens with zero attached hydrogens (tertiary/aromatic N) is 4. The Hall–Kier alpha value is -3.26. The van der Waals surface area contributed by atoms with E-state index in [0.29, 0.717) is 30.3 Å². The van der Waals surface area contributed by atoms with E-state index in [1.165, 1.54) is 30.6 Å². The van der Waals surface area contributed by atoms with Crippen molar-refractivity contribution in [1.82, 2.24) is 15.0 Å². The van der Waals surface area contributed by atoms with Gasteiger partial charge in [0, 0.05) is 24.7 Å². The number of halogens is 2. The highest BCUT2D eigenvalue weighted by Crippen LogP contribution is 2.27. The summed E-state index contributed by atoms with van der Waals surface area (Å²) in [7, 11) is 0. The number of carbonyl (C=O) groups is 1. The average molecular weight is 414 g/mol. The van der Waals surface area contributed by atoms with E-state index in [0.717, 1.165) is 5.56 Å². The molecule has 1 N–H and O–H groups in total. The van der Waals surface area contributed by atoms with Gasteiger partial charge in [0.25, 0.3) is 5.91 Å². The largest absolute Gasteiger partial charge is 0.487 e. The third kappa shape index (κ3) is 4.27. The monoisotopic (exact) mass is 413 g/mol. The molecule has 0 aliphatic carbocycles. The number of aryl methyl sites for hydroxylation is 1. The third-order valence-electron chi connectivity index (χ3n) is 4.37. The van der Waals surface area contributed by atoms with Crippen LogP contribution in [-0.4, -0.2) is 40.1 Å². The molecule has 1 aliphatic heterocycles. The zero-order valence-corrected chi connectivity index (χ0v) is 16.2. The van der Waals surface area contributed by atoms with Gasteiger partial charge in [0.15, 0.2) is 11.5 Å². The molecule has 4 rings (SSSR count). The van der Waals surface area contributed by atoms with E-state index in [-0.39, 0.29) is 22.7 Å². The number of benzene rings is 1. The second-order valence-corrected chi connectivity index (χ2v) is 7.06. The van der Waals surface area contributed by atoms with E-state index in [2.05, 4.69) is 20.3 Å². The SMILES string of the molecule is Cc1cncc(NC(=O)c2nccnc2N2CC(Oc3ccc(F)c(Cl)c3)C2)c1. The van der Waals surface area contributed by atoms with Gasteiger partial charge in [0.2, 0.25) is 0 Å². The number of anilines is 2. The molecule has 148 valence electrons. The highest BCUT2D eigenvalue weighted by Gasteiger charge is 2.33. The maximum Gasteiger partial charge on any atom is 0.278 e. The third-order valence-corrected chi connectivity index (χ3v) is 4.66. The van der Waals surface area contributed by atoms with E-state index >= 15 is 0 Å². The molecule has 2 aromatic heterocycles. The van der Waals surface area contributed by atoms with Crippen LogP contribution >= 0.6 is 11.6 Å². The lowest BCUT2D eigenvalue weighted by Gasteiger charge is -2.40. The summed E-state index contributed by atoms with van der Waals surface area (Å²) in [6, 6.07) is 6.05. The number of hydrogen-bond acceptors (Lipinski definition) is 6. The van der Waals surface area contributed by atoms with Crippen molar-refractivity contribution in [1.29, 1.82) is 0 Å². The summed E-state index contributed by atoms with van der Waals surface area (Å²) in [5.74, 6) is 0.108. The van der Waals surface area contributed by atoms with Crippen molar-refractivity contribution < 1.29 is 13.9 Å². The van der Waals surface area contributed by atoms with Crippen LogP contribution in [0.4, 0.5) is 15.9 Å². The number of nitrogens with one attached hydrogen (secondary N) is 1. The predicted octanol–water partition coefficient (Wildman–Crippen LogP) is 3.49. The molecule has 3 heterocycles. The van der Waals surface area contributed by atoms with Crippen molar-refractivity contribution in [3.8, 4) is 5.75 Å². The summed E-state index contributed by atoms with van der Waals surface area (Å²) in [5.41, 5.74) is 1.74. The summed E-state index contributed by atoms with van der Waals surface area (Å²) in [6.45, 7) is 2.92. The molecule has 7 nitrogen and oxygen atoms in total. The predicted molar refractivity (Wildman–Crippen MR) is 107 cm³/mol. The van der Waals surface area contributed by atoms with Gasteiger partial charge in [-0.3, -0.25) is 9.78 Å². The molecule has 3 aromatic rings. The first-order valence-electron chi connectivity index (χ1n) is 8.90. The summed E-state index contributed by atoms with van der Waals surface area (Å²) >= 11 is 5.78. The molecule has 1 aliphatic rings. The van der Waals surface area contributed by atoms with Crippen molar-refractivity contribution in [3.05, 3.63) is 71.2 Å². The minimum Gasteiger partial charge on any atom is -0.487 e. The topological polar surface area (TPSA) is 80.2 Å². The molecule has 0 bridgehead atoms. The average Bonchev–Trinajstić information content (AvgIpc) is 2.67. The van der Waals surface area contributed by atoms with Crippen molar-refractivity contribution in [2.45, 2.75) is 13.0 Å². The summed E-state index contributed by atoms with van der Waals surface area (Å²) in [6.07, 6.45) is 6.16. The van der Waals surface area contributed by atoms with Crippen LogP contribution < -0.4 is 15.0 Å². The van der Waals surface area contributed by atoms with E-state index in [1.54, 1.807) is 12.4 Å². The molecule has 0 unspecified atom stereocenters. The lowest BCUT2D eigenvalue weighted by Crippen LogP contribution is -2.54. The number of carbonyl (C=O) groups excluding carboxylic acids is 1. The Morgan fingerprint density at radius 3 is 2.79 bits per heavy atom. The van der Waals surface area contributed by atoms with Gasteiger partial charge in [-0.25, -0.2) is 14.4 Å². The lowest BCUT2D eigenvalue weighted by atomic mass is 10.1. The second kappa shape index (κ2) is 8.00. The molecule has 0 saturated carbocycles. The molecule has 1 fully saturated rings. The number of hydrogen-bond donors (Lipinski definition) is 1. The first-order valence-corrected chi connectivity index (χ1v) is 9.28. The van der Waals surface area contributed by atoms with Crippen molar-refractivity contribution in [2.75, 3.05) is 23.3 Å². The Morgan fingerprint density at radius 1 is 1.24 bits per heavy atom. The fourth-order valence-corrected chi connectivity index (χ4v) is 3.13. The first kappa shape index (κ1) is 19.1. The number of rotatable bonds is 5. The summed E-state index contributed by atoms with van der Waals surface area (Å²) in [4.78, 5) is 27.1. The maximum atomic E-state index is 13.3. The molecule has 1 aromatic carbocycles. The van der Waals surface area contributed by atoms with Crippen molar-refractivity contribution in [3.63, 3.8) is 0 Å². The van der Waals surface area contributed by atoms with Gasteiger partial charge in [-0.2, -0.15) is 0 Å². The zero-order valence-electron chi connectivity index (χ0n) is 15.5. The van der Waals surface area contributed by atoms with Crippen LogP contribution in [0.15, 0.2) is 49.1 Å². The quantitative estimate of drug-likeness (QED) is 0.689. The zero-order chi connectivity index (χ0) is 20.4. The molecular formula is C20H17ClFN5O2. The summed E-state index contributed by atoms with van der Waals surface area (Å²) < 4.78 is 19.1. The number of ether oxygens (including phenoxy) is 1. The molecule has 1 saturated heterocycles. The van der Waals surface area contributed by atoms with E-state index < -0.39 is 5.82 Å². The van der Waals surface area contributed by atoms with Crippen LogP contribution in [0.2, 0.25) is 5.02 Å². The van der Waals surface area contributed by atoms with Gasteiger partial charge in [0.05, 0.1) is 30.0 Å². The van der Waals surface area contributed by atoms with E-state index in [4.69, 9.17) is 16.3 Å². The fourth-order valence-electron chi connectivity index (χ4n) is 2.96. The minimum absolute atomic E-state index is 0.0113. The molecule has 0 spiro atoms. The highest BCUT2D eigenvalue weighted by atomic mass is 35.5. The molecule has 9 heteroatoms. The lowest BCUT2D eigenvalue weighted by molar-refractivity contribution is 0.102. The molecular weight excluding hydrogens is 397 g/mol. The van der Waals surface area contributed by atoms with Crippen LogP contribution in [0.1, 0.15) is 16.1 Å². The van der Waals surface area contributed by atoms with Crippen LogP contribution in [0.3, 0.4) is 0 Å². The van der Waals surface area contributed by atoms with Gasteiger partial charge in [-0.1, -0.05) is 11.6 Å². The maximum absolute atomic E-state index is 13.3. The van der Waals surface area contributed by atoms with E-state index in [1.807, 2.05) is 17.9 Å². The van der Waals surface area contributed by atoms with Gasteiger partial charge in [-0.15, -0.1) is 0 Å². The van der Waals surface area contributed by atoms with Crippen molar-refractivity contribution in [2.24, 2.45) is 0 Å². The molecule has 0 atom stereocenters. The second-order valence-electron chi connectivity index (χ2n) is 6.65. The smallest absolute Gasteiger partial charge is 0.278 e. The normalized spacial score (nSPS) is 13.7. The Balaban J connectivity index is 1.42. The van der Waals surface area contributed by atoms with Crippen LogP contribution in [-0.2, 0) is 0 Å².